The van der Waals surface area contributed by atoms with E-state index in [2.05, 4.69) is 6.08 Å². The predicted octanol–water partition coefficient (Wildman–Crippen LogP) is 3.08. The number of hydrogen-bond acceptors (Lipinski definition) is 4. The summed E-state index contributed by atoms with van der Waals surface area (Å²) in [5.41, 5.74) is 1.29. The minimum atomic E-state index is -1.03. The molecule has 2 rings (SSSR count). The van der Waals surface area contributed by atoms with Crippen molar-refractivity contribution in [3.05, 3.63) is 35.5 Å². The van der Waals surface area contributed by atoms with Crippen LogP contribution in [0.2, 0.25) is 0 Å². The zero-order valence-corrected chi connectivity index (χ0v) is 13.3. The fourth-order valence-electron chi connectivity index (χ4n) is 2.96. The molecule has 0 saturated carbocycles. The van der Waals surface area contributed by atoms with Gasteiger partial charge in [-0.1, -0.05) is 17.2 Å². The topological polar surface area (TPSA) is 60.4 Å². The Morgan fingerprint density at radius 1 is 1.23 bits per heavy atom. The zero-order chi connectivity index (χ0) is 16.3. The molecule has 0 aromatic rings. The van der Waals surface area contributed by atoms with Gasteiger partial charge in [-0.2, -0.15) is 0 Å². The Morgan fingerprint density at radius 3 is 2.64 bits per heavy atom. The maximum Gasteiger partial charge on any atom is 0.307 e. The number of rotatable bonds is 4. The minimum absolute atomic E-state index is 0.00959. The number of ether oxygens (including phenoxy) is 1. The van der Waals surface area contributed by atoms with Crippen LogP contribution in [0.3, 0.4) is 0 Å². The zero-order valence-electron chi connectivity index (χ0n) is 13.3. The van der Waals surface area contributed by atoms with E-state index in [0.29, 0.717) is 0 Å². The predicted molar refractivity (Wildman–Crippen MR) is 83.1 cm³/mol. The molecule has 0 amide bonds. The second kappa shape index (κ2) is 6.42. The highest BCUT2D eigenvalue weighted by molar-refractivity contribution is 6.10. The number of ketones is 2. The van der Waals surface area contributed by atoms with Gasteiger partial charge in [0, 0.05) is 6.42 Å². The van der Waals surface area contributed by atoms with E-state index in [4.69, 9.17) is 4.74 Å². The minimum Gasteiger partial charge on any atom is -0.457 e. The van der Waals surface area contributed by atoms with Crippen LogP contribution in [0.4, 0.5) is 0 Å². The lowest BCUT2D eigenvalue weighted by Gasteiger charge is -2.30. The third-order valence-electron chi connectivity index (χ3n) is 4.19. The van der Waals surface area contributed by atoms with Crippen LogP contribution in [0, 0.1) is 5.41 Å². The molecule has 1 aliphatic heterocycles. The van der Waals surface area contributed by atoms with E-state index < -0.39 is 17.5 Å². The van der Waals surface area contributed by atoms with Crippen molar-refractivity contribution >= 4 is 17.5 Å². The summed E-state index contributed by atoms with van der Waals surface area (Å²) in [4.78, 5) is 35.7. The van der Waals surface area contributed by atoms with Crippen molar-refractivity contribution in [1.29, 1.82) is 0 Å². The molecule has 0 bridgehead atoms. The lowest BCUT2D eigenvalue weighted by atomic mass is 9.70. The van der Waals surface area contributed by atoms with E-state index in [1.54, 1.807) is 0 Å². The summed E-state index contributed by atoms with van der Waals surface area (Å²) < 4.78 is 5.33. The first-order chi connectivity index (χ1) is 10.3. The number of cyclic esters (lactones) is 1. The van der Waals surface area contributed by atoms with Gasteiger partial charge in [0.05, 0.1) is 11.8 Å². The standard InChI is InChI=1S/C18H22O4/c1-12(2)5-4-6-13(3)9-16-18(11-17(21)22-16)10-14(19)7-8-15(18)20/h5,7-9,16H,4,6,10-11H2,1-3H3/t16-,18?/m1/s1. The molecule has 0 radical (unpaired) electrons. The molecule has 2 atom stereocenters. The maximum absolute atomic E-state index is 12.3. The van der Waals surface area contributed by atoms with Gasteiger partial charge in [-0.05, 0) is 51.8 Å². The second-order valence-electron chi connectivity index (χ2n) is 6.42. The highest BCUT2D eigenvalue weighted by Crippen LogP contribution is 2.43. The van der Waals surface area contributed by atoms with Crippen LogP contribution in [-0.2, 0) is 19.1 Å². The first kappa shape index (κ1) is 16.4. The quantitative estimate of drug-likeness (QED) is 0.591. The van der Waals surface area contributed by atoms with Crippen LogP contribution >= 0.6 is 0 Å². The van der Waals surface area contributed by atoms with E-state index in [9.17, 15) is 14.4 Å². The number of hydrogen-bond donors (Lipinski definition) is 0. The van der Waals surface area contributed by atoms with Crippen LogP contribution in [0.5, 0.6) is 0 Å². The SMILES string of the molecule is CC(C)=CCCC(C)=C[C@H]1OC(=O)CC12CC(=O)C=CC2=O. The molecular formula is C18H22O4. The molecule has 4 nitrogen and oxygen atoms in total. The van der Waals surface area contributed by atoms with Gasteiger partial charge >= 0.3 is 5.97 Å². The smallest absolute Gasteiger partial charge is 0.307 e. The van der Waals surface area contributed by atoms with Gasteiger partial charge in [0.25, 0.3) is 0 Å². The summed E-state index contributed by atoms with van der Waals surface area (Å²) in [5.74, 6) is -0.718. The van der Waals surface area contributed by atoms with Crippen LogP contribution < -0.4 is 0 Å². The van der Waals surface area contributed by atoms with Crippen LogP contribution in [-0.4, -0.2) is 23.6 Å². The van der Waals surface area contributed by atoms with Gasteiger partial charge in [0.2, 0.25) is 0 Å². The molecule has 1 aliphatic carbocycles. The first-order valence-electron chi connectivity index (χ1n) is 7.59. The van der Waals surface area contributed by atoms with E-state index >= 15 is 0 Å². The van der Waals surface area contributed by atoms with Gasteiger partial charge in [0.1, 0.15) is 6.10 Å². The number of carbonyl (C=O) groups is 3. The number of carbonyl (C=O) groups excluding carboxylic acids is 3. The van der Waals surface area contributed by atoms with Crippen molar-refractivity contribution in [3.8, 4) is 0 Å². The average molecular weight is 302 g/mol. The highest BCUT2D eigenvalue weighted by Gasteiger charge is 2.54. The molecule has 1 saturated heterocycles. The second-order valence-corrected chi connectivity index (χ2v) is 6.42. The monoisotopic (exact) mass is 302 g/mol. The molecular weight excluding hydrogens is 280 g/mol. The molecule has 1 heterocycles. The van der Waals surface area contributed by atoms with Crippen molar-refractivity contribution in [1.82, 2.24) is 0 Å². The first-order valence-corrected chi connectivity index (χ1v) is 7.59. The maximum atomic E-state index is 12.3. The van der Waals surface area contributed by atoms with Crippen LogP contribution in [0.25, 0.3) is 0 Å². The van der Waals surface area contributed by atoms with Crippen LogP contribution in [0.1, 0.15) is 46.5 Å². The Bertz CT molecular complexity index is 590. The Morgan fingerprint density at radius 2 is 1.95 bits per heavy atom. The molecule has 118 valence electrons. The Hall–Kier alpha value is -1.97. The summed E-state index contributed by atoms with van der Waals surface area (Å²) in [6.07, 6.45) is 7.72. The van der Waals surface area contributed by atoms with Crippen molar-refractivity contribution in [2.75, 3.05) is 0 Å². The van der Waals surface area contributed by atoms with Gasteiger partial charge in [-0.25, -0.2) is 0 Å². The summed E-state index contributed by atoms with van der Waals surface area (Å²) >= 11 is 0. The molecule has 0 N–H and O–H groups in total. The third-order valence-corrected chi connectivity index (χ3v) is 4.19. The summed E-state index contributed by atoms with van der Waals surface area (Å²) in [7, 11) is 0. The Balaban J connectivity index is 2.19. The van der Waals surface area contributed by atoms with Crippen molar-refractivity contribution < 1.29 is 19.1 Å². The Kier molecular flexibility index (Phi) is 4.79. The molecule has 2 aliphatic rings. The molecule has 0 aromatic carbocycles. The van der Waals surface area contributed by atoms with E-state index in [1.807, 2.05) is 26.8 Å². The fraction of sp³-hybridized carbons (Fsp3) is 0.500. The molecule has 1 fully saturated rings. The normalized spacial score (nSPS) is 28.2. The van der Waals surface area contributed by atoms with E-state index in [-0.39, 0.29) is 24.4 Å². The van der Waals surface area contributed by atoms with Crippen molar-refractivity contribution in [2.45, 2.75) is 52.6 Å². The summed E-state index contributed by atoms with van der Waals surface area (Å²) in [6, 6.07) is 0. The summed E-state index contributed by atoms with van der Waals surface area (Å²) in [6.45, 7) is 6.06. The summed E-state index contributed by atoms with van der Waals surface area (Å²) in [5, 5.41) is 0. The average Bonchev–Trinajstić information content (AvgIpc) is 2.70. The number of allylic oxidation sites excluding steroid dienone is 5. The van der Waals surface area contributed by atoms with E-state index in [0.717, 1.165) is 18.4 Å². The third kappa shape index (κ3) is 3.43. The fourth-order valence-corrected chi connectivity index (χ4v) is 2.96. The molecule has 1 unspecified atom stereocenters. The molecule has 1 spiro atoms. The lowest BCUT2D eigenvalue weighted by Crippen LogP contribution is -2.41. The van der Waals surface area contributed by atoms with Gasteiger partial charge in [0.15, 0.2) is 11.6 Å². The molecule has 22 heavy (non-hydrogen) atoms. The van der Waals surface area contributed by atoms with Crippen molar-refractivity contribution in [3.63, 3.8) is 0 Å². The van der Waals surface area contributed by atoms with Gasteiger partial charge < -0.3 is 4.74 Å². The molecule has 4 heteroatoms. The largest absolute Gasteiger partial charge is 0.457 e. The van der Waals surface area contributed by atoms with Crippen LogP contribution in [0.15, 0.2) is 35.5 Å². The lowest BCUT2D eigenvalue weighted by molar-refractivity contribution is -0.140. The van der Waals surface area contributed by atoms with Gasteiger partial charge in [-0.3, -0.25) is 14.4 Å². The van der Waals surface area contributed by atoms with Gasteiger partial charge in [-0.15, -0.1) is 0 Å². The Labute approximate surface area is 130 Å². The number of esters is 1. The van der Waals surface area contributed by atoms with E-state index in [1.165, 1.54) is 17.7 Å². The van der Waals surface area contributed by atoms with Crippen molar-refractivity contribution in [2.24, 2.45) is 5.41 Å². The molecule has 0 aromatic heterocycles. The highest BCUT2D eigenvalue weighted by atomic mass is 16.6.